The van der Waals surface area contributed by atoms with Gasteiger partial charge in [-0.1, -0.05) is 0 Å². The van der Waals surface area contributed by atoms with Gasteiger partial charge in [-0.25, -0.2) is 0 Å². The lowest BCUT2D eigenvalue weighted by Gasteiger charge is -2.19. The minimum atomic E-state index is 0.323. The summed E-state index contributed by atoms with van der Waals surface area (Å²) >= 11 is 0. The van der Waals surface area contributed by atoms with E-state index in [0.29, 0.717) is 12.0 Å². The standard InChI is InChI=1S/C13H20N2O2/c1-14-13(5-10-3-4-17-9-10)11-6-12(16-2)8-15-7-11/h6-8,10,13-14H,3-5,9H2,1-2H3. The van der Waals surface area contributed by atoms with Crippen LogP contribution < -0.4 is 10.1 Å². The van der Waals surface area contributed by atoms with E-state index >= 15 is 0 Å². The quantitative estimate of drug-likeness (QED) is 0.846. The molecule has 2 rings (SSSR count). The molecule has 4 heteroatoms. The van der Waals surface area contributed by atoms with Gasteiger partial charge in [-0.2, -0.15) is 0 Å². The van der Waals surface area contributed by atoms with Crippen LogP contribution in [0.4, 0.5) is 0 Å². The minimum absolute atomic E-state index is 0.323. The lowest BCUT2D eigenvalue weighted by Crippen LogP contribution is -2.20. The van der Waals surface area contributed by atoms with Gasteiger partial charge >= 0.3 is 0 Å². The molecular formula is C13H20N2O2. The second-order valence-electron chi connectivity index (χ2n) is 4.46. The Kier molecular flexibility index (Phi) is 4.34. The maximum Gasteiger partial charge on any atom is 0.137 e. The Hall–Kier alpha value is -1.13. The molecule has 0 amide bonds. The van der Waals surface area contributed by atoms with Crippen LogP contribution in [0.3, 0.4) is 0 Å². The first-order valence-electron chi connectivity index (χ1n) is 6.07. The molecule has 0 aromatic carbocycles. The Balaban J connectivity index is 2.04. The number of rotatable bonds is 5. The molecule has 1 fully saturated rings. The summed E-state index contributed by atoms with van der Waals surface area (Å²) in [7, 11) is 3.65. The Bertz CT molecular complexity index is 351. The number of pyridine rings is 1. The molecule has 0 radical (unpaired) electrons. The van der Waals surface area contributed by atoms with Gasteiger partial charge in [0.1, 0.15) is 5.75 Å². The SMILES string of the molecule is CNC(CC1CCOC1)c1cncc(OC)c1. The highest BCUT2D eigenvalue weighted by Crippen LogP contribution is 2.27. The molecule has 1 aromatic heterocycles. The number of ether oxygens (including phenoxy) is 2. The van der Waals surface area contributed by atoms with Crippen molar-refractivity contribution in [1.82, 2.24) is 10.3 Å². The number of hydrogen-bond acceptors (Lipinski definition) is 4. The summed E-state index contributed by atoms with van der Waals surface area (Å²) in [6.45, 7) is 1.78. The Morgan fingerprint density at radius 1 is 1.59 bits per heavy atom. The van der Waals surface area contributed by atoms with Crippen LogP contribution in [-0.4, -0.2) is 32.4 Å². The number of aromatic nitrogens is 1. The van der Waals surface area contributed by atoms with E-state index in [9.17, 15) is 0 Å². The fourth-order valence-corrected chi connectivity index (χ4v) is 2.26. The molecule has 1 N–H and O–H groups in total. The van der Waals surface area contributed by atoms with Crippen LogP contribution >= 0.6 is 0 Å². The van der Waals surface area contributed by atoms with E-state index in [4.69, 9.17) is 9.47 Å². The van der Waals surface area contributed by atoms with E-state index in [0.717, 1.165) is 31.8 Å². The number of nitrogens with one attached hydrogen (secondary N) is 1. The van der Waals surface area contributed by atoms with Gasteiger partial charge < -0.3 is 14.8 Å². The summed E-state index contributed by atoms with van der Waals surface area (Å²) in [5.74, 6) is 1.46. The zero-order valence-electron chi connectivity index (χ0n) is 10.5. The van der Waals surface area contributed by atoms with Crippen molar-refractivity contribution in [3.05, 3.63) is 24.0 Å². The molecule has 0 saturated carbocycles. The van der Waals surface area contributed by atoms with E-state index in [1.807, 2.05) is 19.3 Å². The summed E-state index contributed by atoms with van der Waals surface area (Å²) in [6, 6.07) is 2.37. The van der Waals surface area contributed by atoms with Crippen LogP contribution in [0.5, 0.6) is 5.75 Å². The largest absolute Gasteiger partial charge is 0.495 e. The van der Waals surface area contributed by atoms with Gasteiger partial charge in [0.05, 0.1) is 13.3 Å². The third kappa shape index (κ3) is 3.17. The first-order chi connectivity index (χ1) is 8.33. The van der Waals surface area contributed by atoms with E-state index < -0.39 is 0 Å². The Morgan fingerprint density at radius 3 is 3.12 bits per heavy atom. The lowest BCUT2D eigenvalue weighted by molar-refractivity contribution is 0.181. The summed E-state index contributed by atoms with van der Waals surface area (Å²) < 4.78 is 10.6. The normalized spacial score (nSPS) is 21.4. The van der Waals surface area contributed by atoms with Crippen LogP contribution in [0, 0.1) is 5.92 Å². The van der Waals surface area contributed by atoms with E-state index in [1.54, 1.807) is 13.3 Å². The van der Waals surface area contributed by atoms with Crippen molar-refractivity contribution in [2.75, 3.05) is 27.4 Å². The second kappa shape index (κ2) is 5.98. The molecule has 2 atom stereocenters. The monoisotopic (exact) mass is 236 g/mol. The molecule has 17 heavy (non-hydrogen) atoms. The Morgan fingerprint density at radius 2 is 2.47 bits per heavy atom. The maximum atomic E-state index is 5.42. The van der Waals surface area contributed by atoms with E-state index in [1.165, 1.54) is 5.56 Å². The first-order valence-corrected chi connectivity index (χ1v) is 6.07. The fraction of sp³-hybridized carbons (Fsp3) is 0.615. The molecule has 2 heterocycles. The van der Waals surface area contributed by atoms with Gasteiger partial charge in [-0.3, -0.25) is 4.98 Å². The molecule has 1 aromatic rings. The van der Waals surface area contributed by atoms with Crippen molar-refractivity contribution in [2.24, 2.45) is 5.92 Å². The van der Waals surface area contributed by atoms with Crippen molar-refractivity contribution in [3.63, 3.8) is 0 Å². The highest BCUT2D eigenvalue weighted by molar-refractivity contribution is 5.25. The molecule has 94 valence electrons. The van der Waals surface area contributed by atoms with Crippen molar-refractivity contribution < 1.29 is 9.47 Å². The van der Waals surface area contributed by atoms with Gasteiger partial charge in [-0.05, 0) is 37.4 Å². The molecule has 0 spiro atoms. The molecule has 1 saturated heterocycles. The van der Waals surface area contributed by atoms with Gasteiger partial charge in [-0.15, -0.1) is 0 Å². The molecule has 1 aliphatic rings. The topological polar surface area (TPSA) is 43.4 Å². The zero-order chi connectivity index (χ0) is 12.1. The van der Waals surface area contributed by atoms with Crippen molar-refractivity contribution in [3.8, 4) is 5.75 Å². The number of nitrogens with zero attached hydrogens (tertiary/aromatic N) is 1. The van der Waals surface area contributed by atoms with Crippen LogP contribution in [0.1, 0.15) is 24.4 Å². The number of hydrogen-bond donors (Lipinski definition) is 1. The molecule has 2 unspecified atom stereocenters. The highest BCUT2D eigenvalue weighted by Gasteiger charge is 2.21. The second-order valence-corrected chi connectivity index (χ2v) is 4.46. The first kappa shape index (κ1) is 12.3. The average molecular weight is 236 g/mol. The van der Waals surface area contributed by atoms with Crippen LogP contribution in [0.25, 0.3) is 0 Å². The van der Waals surface area contributed by atoms with Crippen LogP contribution in [-0.2, 0) is 4.74 Å². The molecule has 1 aliphatic heterocycles. The number of methoxy groups -OCH3 is 1. The van der Waals surface area contributed by atoms with E-state index in [-0.39, 0.29) is 0 Å². The third-order valence-corrected chi connectivity index (χ3v) is 3.31. The summed E-state index contributed by atoms with van der Waals surface area (Å²) in [6.07, 6.45) is 5.88. The molecule has 0 bridgehead atoms. The molecular weight excluding hydrogens is 216 g/mol. The zero-order valence-corrected chi connectivity index (χ0v) is 10.5. The van der Waals surface area contributed by atoms with Crippen LogP contribution in [0.15, 0.2) is 18.5 Å². The van der Waals surface area contributed by atoms with Gasteiger partial charge in [0.2, 0.25) is 0 Å². The highest BCUT2D eigenvalue weighted by atomic mass is 16.5. The average Bonchev–Trinajstić information content (AvgIpc) is 2.89. The van der Waals surface area contributed by atoms with Crippen molar-refractivity contribution in [2.45, 2.75) is 18.9 Å². The summed E-state index contributed by atoms with van der Waals surface area (Å²) in [5, 5.41) is 3.35. The van der Waals surface area contributed by atoms with E-state index in [2.05, 4.69) is 10.3 Å². The third-order valence-electron chi connectivity index (χ3n) is 3.31. The van der Waals surface area contributed by atoms with Crippen LogP contribution in [0.2, 0.25) is 0 Å². The lowest BCUT2D eigenvalue weighted by atomic mass is 9.95. The van der Waals surface area contributed by atoms with Gasteiger partial charge in [0.25, 0.3) is 0 Å². The predicted octanol–water partition coefficient (Wildman–Crippen LogP) is 1.78. The molecule has 4 nitrogen and oxygen atoms in total. The Labute approximate surface area is 102 Å². The van der Waals surface area contributed by atoms with Crippen molar-refractivity contribution >= 4 is 0 Å². The predicted molar refractivity (Wildman–Crippen MR) is 66.1 cm³/mol. The summed E-state index contributed by atoms with van der Waals surface area (Å²) in [5.41, 5.74) is 1.18. The smallest absolute Gasteiger partial charge is 0.137 e. The van der Waals surface area contributed by atoms with Gasteiger partial charge in [0, 0.05) is 25.5 Å². The fourth-order valence-electron chi connectivity index (χ4n) is 2.26. The van der Waals surface area contributed by atoms with Gasteiger partial charge in [0.15, 0.2) is 0 Å². The maximum absolute atomic E-state index is 5.42. The van der Waals surface area contributed by atoms with Crippen molar-refractivity contribution in [1.29, 1.82) is 0 Å². The summed E-state index contributed by atoms with van der Waals surface area (Å²) in [4.78, 5) is 4.20. The minimum Gasteiger partial charge on any atom is -0.495 e. The molecule has 0 aliphatic carbocycles.